The summed E-state index contributed by atoms with van der Waals surface area (Å²) in [6.45, 7) is 3.71. The van der Waals surface area contributed by atoms with Crippen molar-refractivity contribution in [2.24, 2.45) is 0 Å². The molecular formula is C15H21ClFNO2S. The van der Waals surface area contributed by atoms with Gasteiger partial charge in [0.25, 0.3) is 0 Å². The van der Waals surface area contributed by atoms with Crippen molar-refractivity contribution >= 4 is 21.6 Å². The van der Waals surface area contributed by atoms with Crippen LogP contribution in [-0.2, 0) is 10.0 Å². The molecule has 118 valence electrons. The van der Waals surface area contributed by atoms with Crippen LogP contribution in [0.3, 0.4) is 0 Å². The van der Waals surface area contributed by atoms with Gasteiger partial charge in [-0.05, 0) is 56.4 Å². The number of hydrogen-bond donors (Lipinski definition) is 0. The molecule has 1 aliphatic rings. The molecule has 0 radical (unpaired) electrons. The summed E-state index contributed by atoms with van der Waals surface area (Å²) in [5.74, 6) is 0.0278. The molecule has 0 aliphatic heterocycles. The van der Waals surface area contributed by atoms with Crippen molar-refractivity contribution in [3.05, 3.63) is 29.1 Å². The highest BCUT2D eigenvalue weighted by Gasteiger charge is 2.36. The summed E-state index contributed by atoms with van der Waals surface area (Å²) in [6.07, 6.45) is 3.46. The van der Waals surface area contributed by atoms with E-state index in [0.717, 1.165) is 19.3 Å². The minimum absolute atomic E-state index is 0.0575. The molecule has 0 unspecified atom stereocenters. The normalized spacial score (nSPS) is 16.2. The molecule has 1 fully saturated rings. The molecule has 0 saturated heterocycles. The van der Waals surface area contributed by atoms with Crippen LogP contribution >= 0.6 is 11.6 Å². The lowest BCUT2D eigenvalue weighted by Crippen LogP contribution is -2.45. The van der Waals surface area contributed by atoms with Gasteiger partial charge in [0.15, 0.2) is 0 Å². The lowest BCUT2D eigenvalue weighted by Gasteiger charge is -2.37. The number of rotatable bonds is 6. The van der Waals surface area contributed by atoms with Gasteiger partial charge >= 0.3 is 0 Å². The molecule has 0 atom stereocenters. The molecule has 0 heterocycles. The van der Waals surface area contributed by atoms with Crippen molar-refractivity contribution in [3.63, 3.8) is 0 Å². The molecule has 1 saturated carbocycles. The monoisotopic (exact) mass is 333 g/mol. The molecule has 0 amide bonds. The molecule has 1 aliphatic carbocycles. The fourth-order valence-corrected chi connectivity index (χ4v) is 5.07. The molecule has 6 heteroatoms. The van der Waals surface area contributed by atoms with Crippen LogP contribution in [-0.4, -0.2) is 31.2 Å². The Morgan fingerprint density at radius 2 is 1.86 bits per heavy atom. The minimum Gasteiger partial charge on any atom is -0.207 e. The zero-order valence-corrected chi connectivity index (χ0v) is 14.0. The fraction of sp³-hybridized carbons (Fsp3) is 0.600. The average molecular weight is 334 g/mol. The third kappa shape index (κ3) is 3.41. The van der Waals surface area contributed by atoms with Crippen molar-refractivity contribution < 1.29 is 12.8 Å². The average Bonchev–Trinajstić information content (AvgIpc) is 2.29. The molecule has 21 heavy (non-hydrogen) atoms. The van der Waals surface area contributed by atoms with Gasteiger partial charge in [-0.25, -0.2) is 12.8 Å². The zero-order chi connectivity index (χ0) is 15.6. The van der Waals surface area contributed by atoms with Crippen LogP contribution in [0.1, 0.15) is 36.8 Å². The second kappa shape index (κ2) is 6.63. The Labute approximate surface area is 131 Å². The van der Waals surface area contributed by atoms with Crippen LogP contribution in [0, 0.1) is 19.7 Å². The van der Waals surface area contributed by atoms with E-state index in [0.29, 0.717) is 30.0 Å². The Morgan fingerprint density at radius 3 is 2.29 bits per heavy atom. The Kier molecular flexibility index (Phi) is 5.28. The summed E-state index contributed by atoms with van der Waals surface area (Å²) in [5.41, 5.74) is 0.922. The van der Waals surface area contributed by atoms with E-state index < -0.39 is 15.8 Å². The summed E-state index contributed by atoms with van der Waals surface area (Å²) in [6, 6.07) is 2.61. The maximum absolute atomic E-state index is 13.4. The highest BCUT2D eigenvalue weighted by Crippen LogP contribution is 2.32. The summed E-state index contributed by atoms with van der Waals surface area (Å²) < 4.78 is 40.9. The SMILES string of the molecule is Cc1cc(F)cc(C)c1S(=O)(=O)N(CCCCl)C1CCC1. The second-order valence-corrected chi connectivity index (χ2v) is 7.82. The van der Waals surface area contributed by atoms with Crippen molar-refractivity contribution in [1.29, 1.82) is 0 Å². The third-order valence-electron chi connectivity index (χ3n) is 3.99. The highest BCUT2D eigenvalue weighted by molar-refractivity contribution is 7.89. The molecule has 1 aromatic carbocycles. The van der Waals surface area contributed by atoms with Crippen molar-refractivity contribution in [3.8, 4) is 0 Å². The largest absolute Gasteiger partial charge is 0.243 e. The Balaban J connectivity index is 2.42. The van der Waals surface area contributed by atoms with Crippen LogP contribution < -0.4 is 0 Å². The topological polar surface area (TPSA) is 37.4 Å². The van der Waals surface area contributed by atoms with E-state index in [1.54, 1.807) is 18.2 Å². The lowest BCUT2D eigenvalue weighted by molar-refractivity contribution is 0.219. The molecular weight excluding hydrogens is 313 g/mol. The minimum atomic E-state index is -3.60. The van der Waals surface area contributed by atoms with Crippen molar-refractivity contribution in [2.45, 2.75) is 50.5 Å². The fourth-order valence-electron chi connectivity index (χ4n) is 2.81. The second-order valence-electron chi connectivity index (χ2n) is 5.61. The number of sulfonamides is 1. The quantitative estimate of drug-likeness (QED) is 0.746. The van der Waals surface area contributed by atoms with Crippen LogP contribution in [0.5, 0.6) is 0 Å². The summed E-state index contributed by atoms with van der Waals surface area (Å²) >= 11 is 5.72. The first-order chi connectivity index (χ1) is 9.87. The van der Waals surface area contributed by atoms with Crippen molar-refractivity contribution in [2.75, 3.05) is 12.4 Å². The van der Waals surface area contributed by atoms with E-state index in [4.69, 9.17) is 11.6 Å². The van der Waals surface area contributed by atoms with Gasteiger partial charge < -0.3 is 0 Å². The maximum Gasteiger partial charge on any atom is 0.243 e. The Morgan fingerprint density at radius 1 is 1.29 bits per heavy atom. The number of halogens is 2. The van der Waals surface area contributed by atoms with Gasteiger partial charge in [-0.15, -0.1) is 11.6 Å². The van der Waals surface area contributed by atoms with E-state index in [2.05, 4.69) is 0 Å². The molecule has 3 nitrogen and oxygen atoms in total. The first-order valence-electron chi connectivity index (χ1n) is 7.22. The van der Waals surface area contributed by atoms with E-state index in [1.165, 1.54) is 12.1 Å². The Bertz CT molecular complexity index is 591. The van der Waals surface area contributed by atoms with Gasteiger partial charge in [-0.1, -0.05) is 6.42 Å². The Hall–Kier alpha value is -0.650. The van der Waals surface area contributed by atoms with Crippen LogP contribution in [0.2, 0.25) is 0 Å². The maximum atomic E-state index is 13.4. The molecule has 1 aromatic rings. The van der Waals surface area contributed by atoms with Crippen molar-refractivity contribution in [1.82, 2.24) is 4.31 Å². The third-order valence-corrected chi connectivity index (χ3v) is 6.51. The van der Waals surface area contributed by atoms with E-state index in [1.807, 2.05) is 0 Å². The number of nitrogens with zero attached hydrogens (tertiary/aromatic N) is 1. The summed E-state index contributed by atoms with van der Waals surface area (Å²) in [5, 5.41) is 0. The molecule has 0 N–H and O–H groups in total. The van der Waals surface area contributed by atoms with Crippen LogP contribution in [0.25, 0.3) is 0 Å². The molecule has 2 rings (SSSR count). The predicted molar refractivity (Wildman–Crippen MR) is 82.7 cm³/mol. The lowest BCUT2D eigenvalue weighted by atomic mass is 9.93. The van der Waals surface area contributed by atoms with Gasteiger partial charge in [0.2, 0.25) is 10.0 Å². The number of benzene rings is 1. The smallest absolute Gasteiger partial charge is 0.207 e. The number of alkyl halides is 1. The van der Waals surface area contributed by atoms with Crippen LogP contribution in [0.15, 0.2) is 17.0 Å². The number of aryl methyl sites for hydroxylation is 2. The van der Waals surface area contributed by atoms with Gasteiger partial charge in [0, 0.05) is 18.5 Å². The van der Waals surface area contributed by atoms with Gasteiger partial charge in [-0.2, -0.15) is 4.31 Å². The molecule has 0 aromatic heterocycles. The highest BCUT2D eigenvalue weighted by atomic mass is 35.5. The summed E-state index contributed by atoms with van der Waals surface area (Å²) in [7, 11) is -3.60. The molecule has 0 bridgehead atoms. The van der Waals surface area contributed by atoms with E-state index >= 15 is 0 Å². The summed E-state index contributed by atoms with van der Waals surface area (Å²) in [4.78, 5) is 0.241. The zero-order valence-electron chi connectivity index (χ0n) is 12.4. The van der Waals surface area contributed by atoms with Gasteiger partial charge in [0.05, 0.1) is 4.90 Å². The molecule has 0 spiro atoms. The predicted octanol–water partition coefficient (Wildman–Crippen LogP) is 3.61. The first-order valence-corrected chi connectivity index (χ1v) is 9.20. The number of hydrogen-bond acceptors (Lipinski definition) is 2. The van der Waals surface area contributed by atoms with Crippen LogP contribution in [0.4, 0.5) is 4.39 Å². The standard InChI is InChI=1S/C15H21ClFNO2S/c1-11-9-13(17)10-12(2)15(11)21(19,20)18(8-4-7-16)14-5-3-6-14/h9-10,14H,3-8H2,1-2H3. The van der Waals surface area contributed by atoms with E-state index in [9.17, 15) is 12.8 Å². The van der Waals surface area contributed by atoms with Gasteiger partial charge in [-0.3, -0.25) is 0 Å². The first kappa shape index (κ1) is 16.7. The van der Waals surface area contributed by atoms with E-state index in [-0.39, 0.29) is 10.9 Å². The van der Waals surface area contributed by atoms with Gasteiger partial charge in [0.1, 0.15) is 5.82 Å².